The third-order valence-corrected chi connectivity index (χ3v) is 5.19. The zero-order valence-corrected chi connectivity index (χ0v) is 15.2. The van der Waals surface area contributed by atoms with Crippen LogP contribution >= 0.6 is 0 Å². The number of anilines is 1. The second-order valence-electron chi connectivity index (χ2n) is 5.85. The molecule has 0 saturated carbocycles. The minimum absolute atomic E-state index is 0.136. The number of halogens is 1. The van der Waals surface area contributed by atoms with Crippen molar-refractivity contribution in [1.29, 1.82) is 0 Å². The second kappa shape index (κ2) is 7.63. The molecule has 0 aliphatic heterocycles. The zero-order valence-electron chi connectivity index (χ0n) is 14.4. The first kappa shape index (κ1) is 18.7. The van der Waals surface area contributed by atoms with Crippen molar-refractivity contribution in [2.24, 2.45) is 0 Å². The topological polar surface area (TPSA) is 79.6 Å². The molecule has 3 aromatic rings. The maximum atomic E-state index is 13.7. The average Bonchev–Trinajstić information content (AvgIpc) is 3.16. The summed E-state index contributed by atoms with van der Waals surface area (Å²) in [6.07, 6.45) is 1.51. The van der Waals surface area contributed by atoms with Crippen LogP contribution < -0.4 is 4.72 Å². The molecule has 8 heteroatoms. The molecule has 1 amide bonds. The fraction of sp³-hybridized carbons (Fsp3) is 0.105. The number of rotatable bonds is 6. The molecule has 2 aromatic carbocycles. The number of furan rings is 1. The molecule has 0 atom stereocenters. The van der Waals surface area contributed by atoms with Crippen molar-refractivity contribution >= 4 is 21.6 Å². The van der Waals surface area contributed by atoms with Crippen LogP contribution in [0.1, 0.15) is 16.1 Å². The normalized spacial score (nSPS) is 11.2. The van der Waals surface area contributed by atoms with Crippen molar-refractivity contribution in [3.8, 4) is 0 Å². The van der Waals surface area contributed by atoms with E-state index in [1.807, 2.05) is 0 Å². The fourth-order valence-electron chi connectivity index (χ4n) is 2.47. The molecular formula is C19H17FN2O4S. The van der Waals surface area contributed by atoms with Gasteiger partial charge in [0.1, 0.15) is 11.6 Å². The average molecular weight is 388 g/mol. The Morgan fingerprint density at radius 3 is 2.59 bits per heavy atom. The van der Waals surface area contributed by atoms with E-state index in [2.05, 4.69) is 4.72 Å². The lowest BCUT2D eigenvalue weighted by Crippen LogP contribution is -2.26. The fourth-order valence-corrected chi connectivity index (χ4v) is 3.59. The largest absolute Gasteiger partial charge is 0.467 e. The van der Waals surface area contributed by atoms with Gasteiger partial charge >= 0.3 is 0 Å². The maximum absolute atomic E-state index is 13.7. The molecule has 0 unspecified atom stereocenters. The van der Waals surface area contributed by atoms with E-state index in [0.717, 1.165) is 6.07 Å². The van der Waals surface area contributed by atoms with E-state index < -0.39 is 15.8 Å². The van der Waals surface area contributed by atoms with Crippen LogP contribution in [-0.2, 0) is 16.6 Å². The predicted molar refractivity (Wildman–Crippen MR) is 98.2 cm³/mol. The summed E-state index contributed by atoms with van der Waals surface area (Å²) in [5.74, 6) is -0.448. The molecule has 0 saturated heterocycles. The van der Waals surface area contributed by atoms with Crippen molar-refractivity contribution in [3.63, 3.8) is 0 Å². The van der Waals surface area contributed by atoms with Gasteiger partial charge in [-0.05, 0) is 42.5 Å². The number of hydrogen-bond acceptors (Lipinski definition) is 4. The lowest BCUT2D eigenvalue weighted by atomic mass is 10.2. The molecule has 1 heterocycles. The number of amides is 1. The van der Waals surface area contributed by atoms with E-state index in [0.29, 0.717) is 5.76 Å². The highest BCUT2D eigenvalue weighted by molar-refractivity contribution is 7.92. The first-order valence-electron chi connectivity index (χ1n) is 8.02. The van der Waals surface area contributed by atoms with Crippen LogP contribution in [-0.4, -0.2) is 26.3 Å². The Hall–Kier alpha value is -3.13. The number of carbonyl (C=O) groups is 1. The molecule has 140 valence electrons. The summed E-state index contributed by atoms with van der Waals surface area (Å²) in [6, 6.07) is 14.5. The lowest BCUT2D eigenvalue weighted by Gasteiger charge is -2.16. The molecule has 0 spiro atoms. The Kier molecular flexibility index (Phi) is 5.27. The molecule has 3 rings (SSSR count). The monoisotopic (exact) mass is 388 g/mol. The summed E-state index contributed by atoms with van der Waals surface area (Å²) < 4.78 is 46.2. The van der Waals surface area contributed by atoms with Crippen molar-refractivity contribution in [1.82, 2.24) is 4.90 Å². The van der Waals surface area contributed by atoms with Crippen LogP contribution in [0.25, 0.3) is 0 Å². The van der Waals surface area contributed by atoms with Crippen LogP contribution in [0.5, 0.6) is 0 Å². The van der Waals surface area contributed by atoms with Crippen LogP contribution in [0.2, 0.25) is 0 Å². The number of benzene rings is 2. The second-order valence-corrected chi connectivity index (χ2v) is 7.54. The van der Waals surface area contributed by atoms with Crippen molar-refractivity contribution in [2.45, 2.75) is 11.4 Å². The van der Waals surface area contributed by atoms with Crippen LogP contribution in [0.15, 0.2) is 76.2 Å². The number of sulfonamides is 1. The standard InChI is InChI=1S/C19H17FN2O4S/c1-22(13-15-7-5-11-26-15)19(23)14-6-4-8-16(12-14)27(24,25)21-18-10-3-2-9-17(18)20/h2-12,21H,13H2,1H3. The minimum Gasteiger partial charge on any atom is -0.467 e. The van der Waals surface area contributed by atoms with Gasteiger partial charge in [0, 0.05) is 12.6 Å². The van der Waals surface area contributed by atoms with Gasteiger partial charge in [-0.3, -0.25) is 9.52 Å². The molecule has 1 aromatic heterocycles. The van der Waals surface area contributed by atoms with Crippen molar-refractivity contribution < 1.29 is 22.0 Å². The van der Waals surface area contributed by atoms with Gasteiger partial charge in [0.15, 0.2) is 0 Å². The highest BCUT2D eigenvalue weighted by Gasteiger charge is 2.19. The molecule has 0 fully saturated rings. The Labute approximate surface area is 156 Å². The van der Waals surface area contributed by atoms with E-state index in [1.165, 1.54) is 53.6 Å². The molecule has 0 bridgehead atoms. The smallest absolute Gasteiger partial charge is 0.262 e. The summed E-state index contributed by atoms with van der Waals surface area (Å²) in [4.78, 5) is 13.8. The first-order chi connectivity index (χ1) is 12.9. The van der Waals surface area contributed by atoms with E-state index >= 15 is 0 Å². The van der Waals surface area contributed by atoms with E-state index in [1.54, 1.807) is 19.2 Å². The van der Waals surface area contributed by atoms with Crippen molar-refractivity contribution in [2.75, 3.05) is 11.8 Å². The third kappa shape index (κ3) is 4.35. The van der Waals surface area contributed by atoms with Crippen LogP contribution in [0.4, 0.5) is 10.1 Å². The molecule has 6 nitrogen and oxygen atoms in total. The maximum Gasteiger partial charge on any atom is 0.262 e. The molecule has 27 heavy (non-hydrogen) atoms. The van der Waals surface area contributed by atoms with Gasteiger partial charge in [0.25, 0.3) is 15.9 Å². The predicted octanol–water partition coefficient (Wildman–Crippen LogP) is 3.49. The van der Waals surface area contributed by atoms with Gasteiger partial charge in [0.05, 0.1) is 23.4 Å². The summed E-state index contributed by atoms with van der Waals surface area (Å²) in [7, 11) is -2.46. The number of nitrogens with one attached hydrogen (secondary N) is 1. The molecule has 0 aliphatic rings. The molecule has 0 radical (unpaired) electrons. The van der Waals surface area contributed by atoms with E-state index in [-0.39, 0.29) is 28.6 Å². The van der Waals surface area contributed by atoms with Gasteiger partial charge in [0.2, 0.25) is 0 Å². The third-order valence-electron chi connectivity index (χ3n) is 3.83. The molecule has 0 aliphatic carbocycles. The Morgan fingerprint density at radius 2 is 1.89 bits per heavy atom. The number of para-hydroxylation sites is 1. The first-order valence-corrected chi connectivity index (χ1v) is 9.50. The van der Waals surface area contributed by atoms with Gasteiger partial charge in [-0.1, -0.05) is 18.2 Å². The zero-order chi connectivity index (χ0) is 19.4. The molecular weight excluding hydrogens is 371 g/mol. The Morgan fingerprint density at radius 1 is 1.11 bits per heavy atom. The lowest BCUT2D eigenvalue weighted by molar-refractivity contribution is 0.0775. The van der Waals surface area contributed by atoms with Gasteiger partial charge in [-0.2, -0.15) is 0 Å². The molecule has 1 N–H and O–H groups in total. The highest BCUT2D eigenvalue weighted by atomic mass is 32.2. The summed E-state index contributed by atoms with van der Waals surface area (Å²) in [5, 5.41) is 0. The van der Waals surface area contributed by atoms with E-state index in [4.69, 9.17) is 4.42 Å². The summed E-state index contributed by atoms with van der Waals surface area (Å²) in [5.41, 5.74) is 0.0321. The number of nitrogens with zero attached hydrogens (tertiary/aromatic N) is 1. The Bertz CT molecular complexity index is 1050. The number of carbonyl (C=O) groups excluding carboxylic acids is 1. The SMILES string of the molecule is CN(Cc1ccco1)C(=O)c1cccc(S(=O)(=O)Nc2ccccc2F)c1. The van der Waals surface area contributed by atoms with Gasteiger partial charge < -0.3 is 9.32 Å². The summed E-state index contributed by atoms with van der Waals surface area (Å²) in [6.45, 7) is 0.246. The summed E-state index contributed by atoms with van der Waals surface area (Å²) >= 11 is 0. The van der Waals surface area contributed by atoms with Crippen LogP contribution in [0.3, 0.4) is 0 Å². The van der Waals surface area contributed by atoms with Crippen LogP contribution in [0, 0.1) is 5.82 Å². The number of hydrogen-bond donors (Lipinski definition) is 1. The van der Waals surface area contributed by atoms with Crippen molar-refractivity contribution in [3.05, 3.63) is 84.1 Å². The van der Waals surface area contributed by atoms with Gasteiger partial charge in [-0.15, -0.1) is 0 Å². The van der Waals surface area contributed by atoms with Gasteiger partial charge in [-0.25, -0.2) is 12.8 Å². The quantitative estimate of drug-likeness (QED) is 0.701. The minimum atomic E-state index is -4.05. The Balaban J connectivity index is 1.82. The highest BCUT2D eigenvalue weighted by Crippen LogP contribution is 2.20. The van der Waals surface area contributed by atoms with E-state index in [9.17, 15) is 17.6 Å².